The van der Waals surface area contributed by atoms with Crippen LogP contribution in [0, 0.1) is 0 Å². The Morgan fingerprint density at radius 1 is 1.10 bits per heavy atom. The number of aromatic nitrogens is 4. The lowest BCUT2D eigenvalue weighted by Crippen LogP contribution is -2.48. The Kier molecular flexibility index (Phi) is 5.27. The molecule has 0 amide bonds. The number of hydrogen-bond donors (Lipinski definition) is 0. The molecule has 31 heavy (non-hydrogen) atoms. The Balaban J connectivity index is 1.41. The van der Waals surface area contributed by atoms with Gasteiger partial charge >= 0.3 is 0 Å². The van der Waals surface area contributed by atoms with Crippen LogP contribution in [0.15, 0.2) is 35.3 Å². The molecule has 0 spiro atoms. The number of hydrogen-bond acceptors (Lipinski definition) is 7. The van der Waals surface area contributed by atoms with E-state index in [0.29, 0.717) is 17.0 Å². The van der Waals surface area contributed by atoms with E-state index >= 15 is 0 Å². The molecule has 0 bridgehead atoms. The third kappa shape index (κ3) is 3.63. The molecule has 9 heteroatoms. The summed E-state index contributed by atoms with van der Waals surface area (Å²) < 4.78 is 14.4. The van der Waals surface area contributed by atoms with Crippen LogP contribution in [-0.4, -0.2) is 65.8 Å². The standard InChI is InChI=1S/C22H28N6O3/c1-25-21(29)19-15-23-28(16-6-12-31-13-7-16)20(19)24-22(25)27-10-8-26(9-11-27)17-4-3-5-18(14-17)30-2/h3-5,14-16H,6-13H2,1-2H3. The summed E-state index contributed by atoms with van der Waals surface area (Å²) in [6.07, 6.45) is 3.44. The van der Waals surface area contributed by atoms with Crippen molar-refractivity contribution in [2.45, 2.75) is 18.9 Å². The minimum Gasteiger partial charge on any atom is -0.497 e. The Bertz CT molecular complexity index is 1130. The van der Waals surface area contributed by atoms with Gasteiger partial charge < -0.3 is 19.3 Å². The summed E-state index contributed by atoms with van der Waals surface area (Å²) in [5.41, 5.74) is 1.78. The first-order valence-electron chi connectivity index (χ1n) is 10.8. The highest BCUT2D eigenvalue weighted by atomic mass is 16.5. The van der Waals surface area contributed by atoms with Gasteiger partial charge in [0.25, 0.3) is 5.56 Å². The molecule has 0 radical (unpaired) electrons. The van der Waals surface area contributed by atoms with E-state index < -0.39 is 0 Å². The lowest BCUT2D eigenvalue weighted by molar-refractivity contribution is 0.0673. The van der Waals surface area contributed by atoms with Gasteiger partial charge in [-0.25, -0.2) is 4.68 Å². The van der Waals surface area contributed by atoms with Gasteiger partial charge in [-0.1, -0.05) is 6.07 Å². The average Bonchev–Trinajstić information content (AvgIpc) is 3.26. The smallest absolute Gasteiger partial charge is 0.265 e. The van der Waals surface area contributed by atoms with Crippen LogP contribution >= 0.6 is 0 Å². The predicted molar refractivity (Wildman–Crippen MR) is 119 cm³/mol. The molecule has 0 saturated carbocycles. The van der Waals surface area contributed by atoms with Crippen LogP contribution in [0.4, 0.5) is 11.6 Å². The highest BCUT2D eigenvalue weighted by molar-refractivity contribution is 5.75. The van der Waals surface area contributed by atoms with Crippen molar-refractivity contribution in [1.82, 2.24) is 19.3 Å². The van der Waals surface area contributed by atoms with Crippen LogP contribution in [-0.2, 0) is 11.8 Å². The van der Waals surface area contributed by atoms with Gasteiger partial charge in [-0.05, 0) is 25.0 Å². The van der Waals surface area contributed by atoms with Gasteiger partial charge in [-0.15, -0.1) is 0 Å². The first-order chi connectivity index (χ1) is 15.2. The van der Waals surface area contributed by atoms with Gasteiger partial charge in [0.05, 0.1) is 19.3 Å². The van der Waals surface area contributed by atoms with Crippen molar-refractivity contribution in [3.8, 4) is 5.75 Å². The van der Waals surface area contributed by atoms with Gasteiger partial charge in [-0.3, -0.25) is 9.36 Å². The number of ether oxygens (including phenoxy) is 2. The summed E-state index contributed by atoms with van der Waals surface area (Å²) in [4.78, 5) is 22.5. The number of fused-ring (bicyclic) bond motifs is 1. The molecule has 0 aliphatic carbocycles. The molecule has 2 aliphatic heterocycles. The molecule has 0 atom stereocenters. The zero-order chi connectivity index (χ0) is 21.4. The quantitative estimate of drug-likeness (QED) is 0.632. The third-order valence-corrected chi connectivity index (χ3v) is 6.33. The summed E-state index contributed by atoms with van der Waals surface area (Å²) in [5, 5.41) is 5.10. The predicted octanol–water partition coefficient (Wildman–Crippen LogP) is 1.82. The van der Waals surface area contributed by atoms with E-state index in [2.05, 4.69) is 27.0 Å². The lowest BCUT2D eigenvalue weighted by atomic mass is 10.1. The Morgan fingerprint density at radius 3 is 2.58 bits per heavy atom. The highest BCUT2D eigenvalue weighted by Crippen LogP contribution is 2.26. The molecular weight excluding hydrogens is 396 g/mol. The number of benzene rings is 1. The molecule has 2 saturated heterocycles. The fraction of sp³-hybridized carbons (Fsp3) is 0.500. The van der Waals surface area contributed by atoms with E-state index in [1.807, 2.05) is 16.8 Å². The minimum atomic E-state index is -0.0477. The Hall–Kier alpha value is -3.07. The van der Waals surface area contributed by atoms with E-state index in [9.17, 15) is 4.79 Å². The zero-order valence-corrected chi connectivity index (χ0v) is 18.0. The average molecular weight is 425 g/mol. The molecular formula is C22H28N6O3. The van der Waals surface area contributed by atoms with Crippen LogP contribution in [0.25, 0.3) is 11.0 Å². The maximum absolute atomic E-state index is 13.0. The first kappa shape index (κ1) is 19.9. The molecule has 4 heterocycles. The summed E-state index contributed by atoms with van der Waals surface area (Å²) in [5.74, 6) is 1.56. The topological polar surface area (TPSA) is 77.7 Å². The monoisotopic (exact) mass is 424 g/mol. The minimum absolute atomic E-state index is 0.0477. The highest BCUT2D eigenvalue weighted by Gasteiger charge is 2.25. The summed E-state index contributed by atoms with van der Waals surface area (Å²) >= 11 is 0. The van der Waals surface area contributed by atoms with E-state index in [1.54, 1.807) is 24.9 Å². The normalized spacial score (nSPS) is 18.0. The van der Waals surface area contributed by atoms with E-state index in [4.69, 9.17) is 14.5 Å². The summed E-state index contributed by atoms with van der Waals surface area (Å²) in [6, 6.07) is 8.35. The first-order valence-corrected chi connectivity index (χ1v) is 10.8. The van der Waals surface area contributed by atoms with Gasteiger partial charge in [-0.2, -0.15) is 10.1 Å². The van der Waals surface area contributed by atoms with E-state index in [0.717, 1.165) is 63.7 Å². The SMILES string of the molecule is COc1cccc(N2CCN(c3nc4c(cnn4C4CCOCC4)c(=O)n3C)CC2)c1. The second-order valence-electron chi connectivity index (χ2n) is 8.12. The number of anilines is 2. The molecule has 5 rings (SSSR count). The molecule has 1 aromatic carbocycles. The van der Waals surface area contributed by atoms with Crippen molar-refractivity contribution in [1.29, 1.82) is 0 Å². The number of rotatable bonds is 4. The second-order valence-corrected chi connectivity index (χ2v) is 8.12. The summed E-state index contributed by atoms with van der Waals surface area (Å²) in [6.45, 7) is 4.70. The van der Waals surface area contributed by atoms with Gasteiger partial charge in [0.2, 0.25) is 5.95 Å². The Labute approximate surface area is 180 Å². The van der Waals surface area contributed by atoms with Crippen LogP contribution in [0.1, 0.15) is 18.9 Å². The molecule has 2 aliphatic rings. The second kappa shape index (κ2) is 8.22. The number of piperazine rings is 1. The van der Waals surface area contributed by atoms with Crippen molar-refractivity contribution in [2.24, 2.45) is 7.05 Å². The van der Waals surface area contributed by atoms with Gasteiger partial charge in [0.15, 0.2) is 5.65 Å². The molecule has 2 aromatic heterocycles. The maximum atomic E-state index is 13.0. The van der Waals surface area contributed by atoms with Crippen molar-refractivity contribution in [3.63, 3.8) is 0 Å². The van der Waals surface area contributed by atoms with Gasteiger partial charge in [0.1, 0.15) is 11.1 Å². The third-order valence-electron chi connectivity index (χ3n) is 6.33. The lowest BCUT2D eigenvalue weighted by Gasteiger charge is -2.37. The Morgan fingerprint density at radius 2 is 1.84 bits per heavy atom. The van der Waals surface area contributed by atoms with Crippen molar-refractivity contribution in [2.75, 3.05) is 56.3 Å². The van der Waals surface area contributed by atoms with Crippen molar-refractivity contribution < 1.29 is 9.47 Å². The van der Waals surface area contributed by atoms with Crippen LogP contribution in [0.3, 0.4) is 0 Å². The fourth-order valence-corrected chi connectivity index (χ4v) is 4.51. The molecule has 9 nitrogen and oxygen atoms in total. The van der Waals surface area contributed by atoms with Crippen LogP contribution in [0.2, 0.25) is 0 Å². The number of nitrogens with zero attached hydrogens (tertiary/aromatic N) is 6. The largest absolute Gasteiger partial charge is 0.497 e. The van der Waals surface area contributed by atoms with E-state index in [1.165, 1.54) is 0 Å². The van der Waals surface area contributed by atoms with Crippen molar-refractivity contribution in [3.05, 3.63) is 40.8 Å². The van der Waals surface area contributed by atoms with Crippen LogP contribution < -0.4 is 20.1 Å². The maximum Gasteiger partial charge on any atom is 0.265 e. The molecule has 0 N–H and O–H groups in total. The van der Waals surface area contributed by atoms with Crippen LogP contribution in [0.5, 0.6) is 5.75 Å². The molecule has 0 unspecified atom stereocenters. The zero-order valence-electron chi connectivity index (χ0n) is 18.0. The van der Waals surface area contributed by atoms with Gasteiger partial charge in [0, 0.05) is 58.2 Å². The number of methoxy groups -OCH3 is 1. The molecule has 2 fully saturated rings. The van der Waals surface area contributed by atoms with Crippen molar-refractivity contribution >= 4 is 22.7 Å². The molecule has 164 valence electrons. The molecule has 3 aromatic rings. The summed E-state index contributed by atoms with van der Waals surface area (Å²) in [7, 11) is 3.48. The van der Waals surface area contributed by atoms with E-state index in [-0.39, 0.29) is 11.6 Å². The fourth-order valence-electron chi connectivity index (χ4n) is 4.51.